The van der Waals surface area contributed by atoms with Gasteiger partial charge in [-0.3, -0.25) is 9.89 Å². The van der Waals surface area contributed by atoms with Crippen LogP contribution in [0.1, 0.15) is 16.4 Å². The van der Waals surface area contributed by atoms with Crippen molar-refractivity contribution in [1.82, 2.24) is 15.2 Å². The number of H-pyrrole nitrogens is 1. The van der Waals surface area contributed by atoms with Crippen LogP contribution in [0.15, 0.2) is 18.2 Å². The lowest BCUT2D eigenvalue weighted by Gasteiger charge is -2.03. The SMILES string of the molecule is Cc1nc(C(=O)Nc2cc(F)ccc2F)n[nH]1. The highest BCUT2D eigenvalue weighted by Gasteiger charge is 2.13. The Labute approximate surface area is 94.9 Å². The molecule has 7 heteroatoms. The molecule has 1 aromatic carbocycles. The number of aryl methyl sites for hydroxylation is 1. The molecule has 2 N–H and O–H groups in total. The zero-order valence-corrected chi connectivity index (χ0v) is 8.79. The quantitative estimate of drug-likeness (QED) is 0.835. The Morgan fingerprint density at radius 2 is 2.18 bits per heavy atom. The average molecular weight is 238 g/mol. The van der Waals surface area contributed by atoms with Crippen LogP contribution in [0, 0.1) is 18.6 Å². The number of carbonyl (C=O) groups excluding carboxylic acids is 1. The number of nitrogens with one attached hydrogen (secondary N) is 2. The molecule has 0 atom stereocenters. The molecule has 0 bridgehead atoms. The molecule has 0 unspecified atom stereocenters. The van der Waals surface area contributed by atoms with Gasteiger partial charge in [0.2, 0.25) is 5.82 Å². The second-order valence-corrected chi connectivity index (χ2v) is 3.32. The van der Waals surface area contributed by atoms with Crippen molar-refractivity contribution in [1.29, 1.82) is 0 Å². The number of amides is 1. The minimum atomic E-state index is -0.730. The van der Waals surface area contributed by atoms with Gasteiger partial charge in [-0.25, -0.2) is 13.8 Å². The normalized spacial score (nSPS) is 10.3. The van der Waals surface area contributed by atoms with Gasteiger partial charge in [0.1, 0.15) is 17.5 Å². The summed E-state index contributed by atoms with van der Waals surface area (Å²) in [5, 5.41) is 8.25. The highest BCUT2D eigenvalue weighted by molar-refractivity contribution is 6.01. The van der Waals surface area contributed by atoms with Gasteiger partial charge in [-0.05, 0) is 19.1 Å². The Bertz CT molecular complexity index is 567. The predicted octanol–water partition coefficient (Wildman–Crippen LogP) is 1.64. The van der Waals surface area contributed by atoms with Crippen molar-refractivity contribution in [3.8, 4) is 0 Å². The standard InChI is InChI=1S/C10H8F2N4O/c1-5-13-9(16-15-5)10(17)14-8-4-6(11)2-3-7(8)12/h2-4H,1H3,(H,14,17)(H,13,15,16). The van der Waals surface area contributed by atoms with Crippen LogP contribution in [-0.2, 0) is 0 Å². The van der Waals surface area contributed by atoms with E-state index in [0.29, 0.717) is 5.82 Å². The smallest absolute Gasteiger partial charge is 0.295 e. The minimum Gasteiger partial charge on any atom is -0.317 e. The first-order chi connectivity index (χ1) is 8.06. The summed E-state index contributed by atoms with van der Waals surface area (Å²) in [5.41, 5.74) is -0.252. The van der Waals surface area contributed by atoms with Crippen LogP contribution in [0.25, 0.3) is 0 Å². The predicted molar refractivity (Wildman–Crippen MR) is 55.4 cm³/mol. The summed E-state index contributed by atoms with van der Waals surface area (Å²) in [6.07, 6.45) is 0. The van der Waals surface area contributed by atoms with Gasteiger partial charge in [0.15, 0.2) is 0 Å². The lowest BCUT2D eigenvalue weighted by molar-refractivity contribution is 0.101. The van der Waals surface area contributed by atoms with E-state index in [1.54, 1.807) is 6.92 Å². The van der Waals surface area contributed by atoms with Crippen LogP contribution in [0.3, 0.4) is 0 Å². The largest absolute Gasteiger partial charge is 0.317 e. The fourth-order valence-electron chi connectivity index (χ4n) is 1.22. The maximum atomic E-state index is 13.2. The number of rotatable bonds is 2. The van der Waals surface area contributed by atoms with Gasteiger partial charge in [0.05, 0.1) is 5.69 Å². The summed E-state index contributed by atoms with van der Waals surface area (Å²) in [5.74, 6) is -1.76. The molecule has 0 aliphatic rings. The molecule has 17 heavy (non-hydrogen) atoms. The summed E-state index contributed by atoms with van der Waals surface area (Å²) in [4.78, 5) is 15.3. The van der Waals surface area contributed by atoms with Crippen molar-refractivity contribution in [3.05, 3.63) is 41.5 Å². The number of hydrogen-bond acceptors (Lipinski definition) is 3. The molecule has 1 aromatic heterocycles. The van der Waals surface area contributed by atoms with Crippen molar-refractivity contribution in [2.75, 3.05) is 5.32 Å². The number of hydrogen-bond donors (Lipinski definition) is 2. The molecule has 1 heterocycles. The van der Waals surface area contributed by atoms with Crippen LogP contribution in [0.5, 0.6) is 0 Å². The zero-order chi connectivity index (χ0) is 12.4. The number of benzene rings is 1. The second-order valence-electron chi connectivity index (χ2n) is 3.32. The molecule has 0 saturated carbocycles. The molecule has 0 aliphatic carbocycles. The van der Waals surface area contributed by atoms with Crippen molar-refractivity contribution in [3.63, 3.8) is 0 Å². The van der Waals surface area contributed by atoms with Crippen molar-refractivity contribution in [2.24, 2.45) is 0 Å². The van der Waals surface area contributed by atoms with Gasteiger partial charge in [-0.2, -0.15) is 0 Å². The van der Waals surface area contributed by atoms with Crippen LogP contribution in [0.2, 0.25) is 0 Å². The molecule has 0 radical (unpaired) electrons. The molecular formula is C10H8F2N4O. The van der Waals surface area contributed by atoms with Gasteiger partial charge >= 0.3 is 0 Å². The monoisotopic (exact) mass is 238 g/mol. The molecule has 0 spiro atoms. The fraction of sp³-hybridized carbons (Fsp3) is 0.100. The van der Waals surface area contributed by atoms with Gasteiger partial charge < -0.3 is 5.32 Å². The number of carbonyl (C=O) groups is 1. The van der Waals surface area contributed by atoms with Crippen LogP contribution in [0.4, 0.5) is 14.5 Å². The van der Waals surface area contributed by atoms with E-state index in [-0.39, 0.29) is 11.5 Å². The molecule has 1 amide bonds. The number of nitrogens with zero attached hydrogens (tertiary/aromatic N) is 2. The van der Waals surface area contributed by atoms with Gasteiger partial charge in [-0.1, -0.05) is 0 Å². The highest BCUT2D eigenvalue weighted by Crippen LogP contribution is 2.15. The molecule has 2 aromatic rings. The third-order valence-corrected chi connectivity index (χ3v) is 1.98. The van der Waals surface area contributed by atoms with Crippen molar-refractivity contribution in [2.45, 2.75) is 6.92 Å². The van der Waals surface area contributed by atoms with E-state index < -0.39 is 17.5 Å². The van der Waals surface area contributed by atoms with E-state index in [2.05, 4.69) is 20.5 Å². The molecule has 5 nitrogen and oxygen atoms in total. The summed E-state index contributed by atoms with van der Waals surface area (Å²) < 4.78 is 26.1. The van der Waals surface area contributed by atoms with Crippen LogP contribution in [-0.4, -0.2) is 21.1 Å². The summed E-state index contributed by atoms with van der Waals surface area (Å²) >= 11 is 0. The first-order valence-corrected chi connectivity index (χ1v) is 4.71. The summed E-state index contributed by atoms with van der Waals surface area (Å²) in [6.45, 7) is 1.62. The molecule has 0 saturated heterocycles. The third kappa shape index (κ3) is 2.44. The topological polar surface area (TPSA) is 70.7 Å². The van der Waals surface area contributed by atoms with Gasteiger partial charge in [-0.15, -0.1) is 5.10 Å². The Morgan fingerprint density at radius 1 is 1.41 bits per heavy atom. The maximum absolute atomic E-state index is 13.2. The summed E-state index contributed by atoms with van der Waals surface area (Å²) in [7, 11) is 0. The average Bonchev–Trinajstić information content (AvgIpc) is 2.70. The zero-order valence-electron chi connectivity index (χ0n) is 8.79. The van der Waals surface area contributed by atoms with E-state index in [0.717, 1.165) is 18.2 Å². The van der Waals surface area contributed by atoms with E-state index in [1.165, 1.54) is 0 Å². The molecule has 2 rings (SSSR count). The Kier molecular flexibility index (Phi) is 2.82. The number of anilines is 1. The Hall–Kier alpha value is -2.31. The number of aromatic amines is 1. The van der Waals surface area contributed by atoms with E-state index in [4.69, 9.17) is 0 Å². The lowest BCUT2D eigenvalue weighted by Crippen LogP contribution is -2.15. The van der Waals surface area contributed by atoms with Crippen LogP contribution >= 0.6 is 0 Å². The maximum Gasteiger partial charge on any atom is 0.295 e. The molecule has 88 valence electrons. The number of aromatic nitrogens is 3. The highest BCUT2D eigenvalue weighted by atomic mass is 19.1. The molecule has 0 aliphatic heterocycles. The van der Waals surface area contributed by atoms with Crippen molar-refractivity contribution >= 4 is 11.6 Å². The Morgan fingerprint density at radius 3 is 2.82 bits per heavy atom. The molecule has 0 fully saturated rings. The number of halogens is 2. The Balaban J connectivity index is 2.21. The first-order valence-electron chi connectivity index (χ1n) is 4.71. The van der Waals surface area contributed by atoms with Crippen LogP contribution < -0.4 is 5.32 Å². The first kappa shape index (κ1) is 11.2. The van der Waals surface area contributed by atoms with E-state index in [9.17, 15) is 13.6 Å². The fourth-order valence-corrected chi connectivity index (χ4v) is 1.22. The van der Waals surface area contributed by atoms with E-state index >= 15 is 0 Å². The molecular weight excluding hydrogens is 230 g/mol. The second kappa shape index (κ2) is 4.28. The van der Waals surface area contributed by atoms with Gasteiger partial charge in [0, 0.05) is 6.07 Å². The third-order valence-electron chi connectivity index (χ3n) is 1.98. The minimum absolute atomic E-state index is 0.133. The van der Waals surface area contributed by atoms with Crippen molar-refractivity contribution < 1.29 is 13.6 Å². The summed E-state index contributed by atoms with van der Waals surface area (Å²) in [6, 6.07) is 2.77. The van der Waals surface area contributed by atoms with E-state index in [1.807, 2.05) is 0 Å². The van der Waals surface area contributed by atoms with Gasteiger partial charge in [0.25, 0.3) is 5.91 Å². The lowest BCUT2D eigenvalue weighted by atomic mass is 10.3.